The van der Waals surface area contributed by atoms with Gasteiger partial charge in [0, 0.05) is 31.7 Å². The highest BCUT2D eigenvalue weighted by molar-refractivity contribution is 8.18. The molecule has 132 valence electrons. The second-order valence-corrected chi connectivity index (χ2v) is 6.69. The van der Waals surface area contributed by atoms with Crippen LogP contribution in [0.4, 0.5) is 4.79 Å². The SMILES string of the molecule is O=C(NCCN1C(=O)S/C(=C\c2cccnc2)C1=O)c1ccc[nH]c1=S. The Bertz CT molecular complexity index is 940. The number of hydrogen-bond donors (Lipinski definition) is 2. The number of rotatable bonds is 5. The molecule has 1 aliphatic heterocycles. The molecule has 7 nitrogen and oxygen atoms in total. The van der Waals surface area contributed by atoms with E-state index in [1.165, 1.54) is 0 Å². The van der Waals surface area contributed by atoms with E-state index in [4.69, 9.17) is 12.2 Å². The quantitative estimate of drug-likeness (QED) is 0.606. The minimum absolute atomic E-state index is 0.0874. The standard InChI is InChI=1S/C17H14N4O3S2/c22-14(12-4-2-6-20-15(12)25)19-7-8-21-16(23)13(26-17(21)24)9-11-3-1-5-18-10-11/h1-6,9-10H,7-8H2,(H,19,22)(H,20,25)/b13-9-. The zero-order valence-electron chi connectivity index (χ0n) is 13.5. The van der Waals surface area contributed by atoms with Gasteiger partial charge in [0.25, 0.3) is 17.1 Å². The molecule has 3 rings (SSSR count). The van der Waals surface area contributed by atoms with Crippen molar-refractivity contribution in [2.45, 2.75) is 0 Å². The molecule has 0 bridgehead atoms. The summed E-state index contributed by atoms with van der Waals surface area (Å²) in [5, 5.41) is 2.30. The molecule has 9 heteroatoms. The molecule has 2 aromatic heterocycles. The van der Waals surface area contributed by atoms with Crippen molar-refractivity contribution >= 4 is 47.1 Å². The van der Waals surface area contributed by atoms with Crippen LogP contribution in [0.5, 0.6) is 0 Å². The zero-order chi connectivity index (χ0) is 18.5. The van der Waals surface area contributed by atoms with E-state index in [-0.39, 0.29) is 30.1 Å². The van der Waals surface area contributed by atoms with E-state index in [0.29, 0.717) is 15.1 Å². The molecule has 0 aromatic carbocycles. The van der Waals surface area contributed by atoms with Crippen LogP contribution in [-0.2, 0) is 4.79 Å². The predicted molar refractivity (Wildman–Crippen MR) is 101 cm³/mol. The Morgan fingerprint density at radius 1 is 1.35 bits per heavy atom. The van der Waals surface area contributed by atoms with Crippen LogP contribution in [0.2, 0.25) is 0 Å². The summed E-state index contributed by atoms with van der Waals surface area (Å²) in [6.45, 7) is 0.227. The highest BCUT2D eigenvalue weighted by Gasteiger charge is 2.34. The molecule has 0 spiro atoms. The Labute approximate surface area is 158 Å². The van der Waals surface area contributed by atoms with Gasteiger partial charge in [-0.15, -0.1) is 0 Å². The van der Waals surface area contributed by atoms with Gasteiger partial charge >= 0.3 is 0 Å². The topological polar surface area (TPSA) is 95.2 Å². The average Bonchev–Trinajstić information content (AvgIpc) is 2.90. The molecule has 3 amide bonds. The van der Waals surface area contributed by atoms with Crippen molar-refractivity contribution in [3.8, 4) is 0 Å². The molecule has 2 aromatic rings. The van der Waals surface area contributed by atoms with E-state index < -0.39 is 0 Å². The molecule has 26 heavy (non-hydrogen) atoms. The van der Waals surface area contributed by atoms with Crippen LogP contribution in [0.3, 0.4) is 0 Å². The molecule has 0 aliphatic carbocycles. The summed E-state index contributed by atoms with van der Waals surface area (Å²) in [6.07, 6.45) is 6.50. The molecule has 0 radical (unpaired) electrons. The van der Waals surface area contributed by atoms with Gasteiger partial charge in [-0.25, -0.2) is 0 Å². The van der Waals surface area contributed by atoms with Gasteiger partial charge in [0.15, 0.2) is 0 Å². The number of aromatic amines is 1. The lowest BCUT2D eigenvalue weighted by Gasteiger charge is -2.13. The van der Waals surface area contributed by atoms with Crippen molar-refractivity contribution in [3.63, 3.8) is 0 Å². The third-order valence-electron chi connectivity index (χ3n) is 3.54. The maximum absolute atomic E-state index is 12.4. The number of carbonyl (C=O) groups is 3. The van der Waals surface area contributed by atoms with Gasteiger partial charge in [-0.1, -0.05) is 18.3 Å². The van der Waals surface area contributed by atoms with E-state index >= 15 is 0 Å². The minimum Gasteiger partial charge on any atom is -0.352 e. The number of pyridine rings is 2. The number of amides is 3. The van der Waals surface area contributed by atoms with Gasteiger partial charge in [-0.3, -0.25) is 24.3 Å². The van der Waals surface area contributed by atoms with Crippen molar-refractivity contribution in [1.82, 2.24) is 20.2 Å². The van der Waals surface area contributed by atoms with Crippen LogP contribution in [0.1, 0.15) is 15.9 Å². The van der Waals surface area contributed by atoms with Gasteiger partial charge in [0.1, 0.15) is 4.64 Å². The van der Waals surface area contributed by atoms with Crippen LogP contribution < -0.4 is 5.32 Å². The van der Waals surface area contributed by atoms with Crippen molar-refractivity contribution in [2.75, 3.05) is 13.1 Å². The van der Waals surface area contributed by atoms with Crippen molar-refractivity contribution in [1.29, 1.82) is 0 Å². The van der Waals surface area contributed by atoms with Gasteiger partial charge in [-0.2, -0.15) is 0 Å². The number of nitrogens with one attached hydrogen (secondary N) is 2. The van der Waals surface area contributed by atoms with Crippen LogP contribution in [0.15, 0.2) is 47.8 Å². The average molecular weight is 386 g/mol. The number of H-pyrrole nitrogens is 1. The second-order valence-electron chi connectivity index (χ2n) is 5.29. The number of nitrogens with zero attached hydrogens (tertiary/aromatic N) is 2. The summed E-state index contributed by atoms with van der Waals surface area (Å²) in [6, 6.07) is 6.82. The fourth-order valence-corrected chi connectivity index (χ4v) is 3.38. The molecule has 0 unspecified atom stereocenters. The number of thioether (sulfide) groups is 1. The third-order valence-corrected chi connectivity index (χ3v) is 4.78. The van der Waals surface area contributed by atoms with E-state index in [2.05, 4.69) is 15.3 Å². The third kappa shape index (κ3) is 4.06. The van der Waals surface area contributed by atoms with E-state index in [1.54, 1.807) is 48.9 Å². The Kier molecular flexibility index (Phi) is 5.59. The first-order valence-electron chi connectivity index (χ1n) is 7.67. The maximum atomic E-state index is 12.4. The maximum Gasteiger partial charge on any atom is 0.293 e. The number of carbonyl (C=O) groups excluding carboxylic acids is 3. The summed E-state index contributed by atoms with van der Waals surface area (Å²) in [7, 11) is 0. The molecule has 0 saturated carbocycles. The highest BCUT2D eigenvalue weighted by atomic mass is 32.2. The summed E-state index contributed by atoms with van der Waals surface area (Å²) < 4.78 is 0.329. The van der Waals surface area contributed by atoms with Gasteiger partial charge in [0.05, 0.1) is 10.5 Å². The van der Waals surface area contributed by atoms with Crippen LogP contribution in [0.25, 0.3) is 6.08 Å². The normalized spacial score (nSPS) is 15.5. The molecule has 3 heterocycles. The molecule has 2 N–H and O–H groups in total. The second kappa shape index (κ2) is 8.07. The lowest BCUT2D eigenvalue weighted by Crippen LogP contribution is -2.37. The Morgan fingerprint density at radius 2 is 2.19 bits per heavy atom. The van der Waals surface area contributed by atoms with Gasteiger partial charge in [0.2, 0.25) is 0 Å². The lowest BCUT2D eigenvalue weighted by atomic mass is 10.2. The van der Waals surface area contributed by atoms with Gasteiger partial charge in [-0.05, 0) is 41.6 Å². The summed E-state index contributed by atoms with van der Waals surface area (Å²) in [5.74, 6) is -0.736. The largest absolute Gasteiger partial charge is 0.352 e. The molecule has 1 fully saturated rings. The van der Waals surface area contributed by atoms with Crippen LogP contribution >= 0.6 is 24.0 Å². The number of hydrogen-bond acceptors (Lipinski definition) is 6. The predicted octanol–water partition coefficient (Wildman–Crippen LogP) is 2.61. The highest BCUT2D eigenvalue weighted by Crippen LogP contribution is 2.31. The molecule has 1 saturated heterocycles. The van der Waals surface area contributed by atoms with Crippen molar-refractivity contribution < 1.29 is 14.4 Å². The summed E-state index contributed by atoms with van der Waals surface area (Å²) >= 11 is 5.92. The van der Waals surface area contributed by atoms with Crippen molar-refractivity contribution in [3.05, 3.63) is 63.5 Å². The summed E-state index contributed by atoms with van der Waals surface area (Å²) in [5.41, 5.74) is 1.08. The Morgan fingerprint density at radius 3 is 2.92 bits per heavy atom. The molecule has 1 aliphatic rings. The number of aromatic nitrogens is 2. The first-order chi connectivity index (χ1) is 12.6. The molecular weight excluding hydrogens is 372 g/mol. The van der Waals surface area contributed by atoms with E-state index in [9.17, 15) is 14.4 Å². The first-order valence-corrected chi connectivity index (χ1v) is 8.90. The fraction of sp³-hybridized carbons (Fsp3) is 0.118. The van der Waals surface area contributed by atoms with Crippen LogP contribution in [0, 0.1) is 4.64 Å². The minimum atomic E-state index is -0.380. The van der Waals surface area contributed by atoms with Gasteiger partial charge < -0.3 is 10.3 Å². The van der Waals surface area contributed by atoms with E-state index in [1.807, 2.05) is 0 Å². The van der Waals surface area contributed by atoms with E-state index in [0.717, 1.165) is 22.2 Å². The van der Waals surface area contributed by atoms with Crippen molar-refractivity contribution in [2.24, 2.45) is 0 Å². The smallest absolute Gasteiger partial charge is 0.293 e. The Balaban J connectivity index is 1.60. The zero-order valence-corrected chi connectivity index (χ0v) is 15.1. The molecule has 0 atom stereocenters. The van der Waals surface area contributed by atoms with Crippen LogP contribution in [-0.4, -0.2) is 45.0 Å². The monoisotopic (exact) mass is 386 g/mol. The number of imide groups is 1. The molecular formula is C17H14N4O3S2. The summed E-state index contributed by atoms with van der Waals surface area (Å²) in [4.78, 5) is 44.7. The lowest BCUT2D eigenvalue weighted by molar-refractivity contribution is -0.122. The fourth-order valence-electron chi connectivity index (χ4n) is 2.28. The Hall–Kier alpha value is -2.78. The first kappa shape index (κ1) is 18.0.